The highest BCUT2D eigenvalue weighted by Gasteiger charge is 2.28. The van der Waals surface area contributed by atoms with Crippen molar-refractivity contribution in [3.63, 3.8) is 0 Å². The van der Waals surface area contributed by atoms with Crippen LogP contribution in [0.3, 0.4) is 0 Å². The molecule has 0 atom stereocenters. The minimum absolute atomic E-state index is 0.105. The molecule has 2 aromatic rings. The van der Waals surface area contributed by atoms with Crippen molar-refractivity contribution in [2.24, 2.45) is 0 Å². The number of fused-ring (bicyclic) bond motifs is 3. The molecule has 3 rings (SSSR count). The zero-order valence-electron chi connectivity index (χ0n) is 14.3. The Morgan fingerprint density at radius 3 is 2.28 bits per heavy atom. The predicted molar refractivity (Wildman–Crippen MR) is 100 cm³/mol. The van der Waals surface area contributed by atoms with Crippen molar-refractivity contribution < 1.29 is 9.53 Å². The third-order valence-corrected chi connectivity index (χ3v) is 4.61. The van der Waals surface area contributed by atoms with Gasteiger partial charge >= 0.3 is 6.09 Å². The molecule has 0 aromatic heterocycles. The van der Waals surface area contributed by atoms with E-state index in [-0.39, 0.29) is 12.0 Å². The average Bonchev–Trinajstić information content (AvgIpc) is 2.97. The maximum absolute atomic E-state index is 11.9. The predicted octanol–water partition coefficient (Wildman–Crippen LogP) is 4.72. The lowest BCUT2D eigenvalue weighted by molar-refractivity contribution is 0.143. The topological polar surface area (TPSA) is 38.3 Å². The number of ether oxygens (including phenoxy) is 1. The maximum Gasteiger partial charge on any atom is 0.407 e. The number of benzene rings is 2. The van der Waals surface area contributed by atoms with Gasteiger partial charge in [0.25, 0.3) is 0 Å². The summed E-state index contributed by atoms with van der Waals surface area (Å²) in [4.78, 5) is 11.9. The number of hydrogen-bond donors (Lipinski definition) is 1. The molecule has 3 nitrogen and oxygen atoms in total. The molecule has 0 unspecified atom stereocenters. The summed E-state index contributed by atoms with van der Waals surface area (Å²) >= 11 is 0. The number of amides is 1. The third-order valence-electron chi connectivity index (χ3n) is 4.61. The molecular weight excluding hydrogens is 310 g/mol. The van der Waals surface area contributed by atoms with Crippen molar-refractivity contribution in [2.45, 2.75) is 31.6 Å². The van der Waals surface area contributed by atoms with E-state index in [0.29, 0.717) is 13.2 Å². The quantitative estimate of drug-likeness (QED) is 0.588. The molecule has 0 spiro atoms. The summed E-state index contributed by atoms with van der Waals surface area (Å²) in [5.74, 6) is 2.73. The molecule has 1 aliphatic rings. The van der Waals surface area contributed by atoms with Crippen molar-refractivity contribution >= 4 is 6.09 Å². The number of carbonyl (C=O) groups is 1. The molecule has 1 amide bonds. The molecule has 128 valence electrons. The lowest BCUT2D eigenvalue weighted by atomic mass is 9.98. The molecule has 1 N–H and O–H groups in total. The fourth-order valence-electron chi connectivity index (χ4n) is 3.37. The van der Waals surface area contributed by atoms with E-state index in [2.05, 4.69) is 35.5 Å². The Hall–Kier alpha value is -2.73. The minimum atomic E-state index is -0.348. The summed E-state index contributed by atoms with van der Waals surface area (Å²) in [6.45, 7) is 0.984. The van der Waals surface area contributed by atoms with E-state index in [4.69, 9.17) is 11.2 Å². The van der Waals surface area contributed by atoms with Crippen molar-refractivity contribution in [1.82, 2.24) is 5.32 Å². The molecule has 0 fully saturated rings. The molecule has 2 aromatic carbocycles. The SMILES string of the molecule is C#CCCCCCNC(=O)OCC1c2ccccc2-c2ccccc21. The summed E-state index contributed by atoms with van der Waals surface area (Å²) in [7, 11) is 0. The monoisotopic (exact) mass is 333 g/mol. The number of carbonyl (C=O) groups excluding carboxylic acids is 1. The summed E-state index contributed by atoms with van der Waals surface area (Å²) in [6, 6.07) is 16.7. The van der Waals surface area contributed by atoms with Crippen LogP contribution >= 0.6 is 0 Å². The Morgan fingerprint density at radius 2 is 1.64 bits per heavy atom. The summed E-state index contributed by atoms with van der Waals surface area (Å²) in [6.07, 6.45) is 8.61. The normalized spacial score (nSPS) is 12.1. The van der Waals surface area contributed by atoms with E-state index in [1.807, 2.05) is 24.3 Å². The molecule has 0 bridgehead atoms. The number of unbranched alkanes of at least 4 members (excludes halogenated alkanes) is 3. The fraction of sp³-hybridized carbons (Fsp3) is 0.318. The van der Waals surface area contributed by atoms with Crippen molar-refractivity contribution in [2.75, 3.05) is 13.2 Å². The fourth-order valence-corrected chi connectivity index (χ4v) is 3.37. The van der Waals surface area contributed by atoms with Crippen LogP contribution in [-0.2, 0) is 4.74 Å². The first-order chi connectivity index (χ1) is 12.3. The van der Waals surface area contributed by atoms with Gasteiger partial charge in [-0.2, -0.15) is 0 Å². The largest absolute Gasteiger partial charge is 0.449 e. The van der Waals surface area contributed by atoms with Crippen LogP contribution in [0.2, 0.25) is 0 Å². The molecule has 0 heterocycles. The lowest BCUT2D eigenvalue weighted by Crippen LogP contribution is -2.27. The lowest BCUT2D eigenvalue weighted by Gasteiger charge is -2.14. The second-order valence-corrected chi connectivity index (χ2v) is 6.27. The number of alkyl carbamates (subject to hydrolysis) is 1. The first-order valence-corrected chi connectivity index (χ1v) is 8.83. The Bertz CT molecular complexity index is 730. The summed E-state index contributed by atoms with van der Waals surface area (Å²) in [5.41, 5.74) is 4.93. The Labute approximate surface area is 149 Å². The van der Waals surface area contributed by atoms with E-state index < -0.39 is 0 Å². The third kappa shape index (κ3) is 4.03. The minimum Gasteiger partial charge on any atom is -0.449 e. The van der Waals surface area contributed by atoms with Gasteiger partial charge in [0.1, 0.15) is 6.61 Å². The van der Waals surface area contributed by atoms with Crippen LogP contribution < -0.4 is 5.32 Å². The molecule has 25 heavy (non-hydrogen) atoms. The van der Waals surface area contributed by atoms with Gasteiger partial charge in [0.15, 0.2) is 0 Å². The van der Waals surface area contributed by atoms with Crippen LogP contribution in [0.5, 0.6) is 0 Å². The van der Waals surface area contributed by atoms with Crippen LogP contribution in [0.15, 0.2) is 48.5 Å². The standard InChI is InChI=1S/C22H23NO2/c1-2-3-4-5-10-15-23-22(24)25-16-21-19-13-8-6-11-17(19)18-12-7-9-14-20(18)21/h1,6-9,11-14,21H,3-5,10,15-16H2,(H,23,24). The van der Waals surface area contributed by atoms with Gasteiger partial charge in [-0.1, -0.05) is 55.0 Å². The van der Waals surface area contributed by atoms with Gasteiger partial charge in [0.2, 0.25) is 0 Å². The molecule has 0 saturated carbocycles. The van der Waals surface area contributed by atoms with E-state index in [1.54, 1.807) is 0 Å². The maximum atomic E-state index is 11.9. The van der Waals surface area contributed by atoms with Gasteiger partial charge < -0.3 is 10.1 Å². The number of terminal acetylenes is 1. The Balaban J connectivity index is 1.53. The summed E-state index contributed by atoms with van der Waals surface area (Å²) < 4.78 is 5.48. The van der Waals surface area contributed by atoms with Gasteiger partial charge in [-0.15, -0.1) is 12.3 Å². The van der Waals surface area contributed by atoms with E-state index in [0.717, 1.165) is 25.7 Å². The zero-order valence-corrected chi connectivity index (χ0v) is 14.3. The van der Waals surface area contributed by atoms with Gasteiger partial charge in [-0.3, -0.25) is 0 Å². The van der Waals surface area contributed by atoms with E-state index in [1.165, 1.54) is 22.3 Å². The number of rotatable bonds is 7. The molecular formula is C22H23NO2. The number of hydrogen-bond acceptors (Lipinski definition) is 2. The molecule has 3 heteroatoms. The van der Waals surface area contributed by atoms with E-state index in [9.17, 15) is 4.79 Å². The van der Waals surface area contributed by atoms with Crippen LogP contribution in [-0.4, -0.2) is 19.2 Å². The highest BCUT2D eigenvalue weighted by atomic mass is 16.5. The van der Waals surface area contributed by atoms with Crippen molar-refractivity contribution in [3.05, 3.63) is 59.7 Å². The zero-order chi connectivity index (χ0) is 17.5. The van der Waals surface area contributed by atoms with Crippen molar-refractivity contribution in [3.8, 4) is 23.5 Å². The molecule has 1 aliphatic carbocycles. The Kier molecular flexibility index (Phi) is 5.74. The van der Waals surface area contributed by atoms with Gasteiger partial charge in [-0.05, 0) is 35.1 Å². The summed E-state index contributed by atoms with van der Waals surface area (Å²) in [5, 5.41) is 2.82. The molecule has 0 saturated heterocycles. The molecule has 0 radical (unpaired) electrons. The van der Waals surface area contributed by atoms with Crippen molar-refractivity contribution in [1.29, 1.82) is 0 Å². The van der Waals surface area contributed by atoms with E-state index >= 15 is 0 Å². The van der Waals surface area contributed by atoms with Crippen LogP contribution in [0.1, 0.15) is 42.7 Å². The highest BCUT2D eigenvalue weighted by Crippen LogP contribution is 2.44. The van der Waals surface area contributed by atoms with Crippen LogP contribution in [0.4, 0.5) is 4.79 Å². The Morgan fingerprint density at radius 1 is 1.00 bits per heavy atom. The number of nitrogens with one attached hydrogen (secondary N) is 1. The van der Waals surface area contributed by atoms with Gasteiger partial charge in [0, 0.05) is 18.9 Å². The second-order valence-electron chi connectivity index (χ2n) is 6.27. The first-order valence-electron chi connectivity index (χ1n) is 8.83. The highest BCUT2D eigenvalue weighted by molar-refractivity contribution is 5.79. The van der Waals surface area contributed by atoms with Crippen LogP contribution in [0.25, 0.3) is 11.1 Å². The molecule has 0 aliphatic heterocycles. The van der Waals surface area contributed by atoms with Crippen LogP contribution in [0, 0.1) is 12.3 Å². The smallest absolute Gasteiger partial charge is 0.407 e. The average molecular weight is 333 g/mol. The van der Waals surface area contributed by atoms with Gasteiger partial charge in [0.05, 0.1) is 0 Å². The van der Waals surface area contributed by atoms with Gasteiger partial charge in [-0.25, -0.2) is 4.79 Å². The first kappa shape index (κ1) is 17.1. The second kappa shape index (κ2) is 8.39.